The number of carbonyl (C=O) groups is 1. The minimum Gasteiger partial charge on any atom is -0.480 e. The van der Waals surface area contributed by atoms with Gasteiger partial charge >= 0.3 is 24.5 Å². The Morgan fingerprint density at radius 2 is 1.07 bits per heavy atom. The van der Waals surface area contributed by atoms with Gasteiger partial charge in [-0.1, -0.05) is 0 Å². The third-order valence-electron chi connectivity index (χ3n) is 2.43. The molecule has 0 spiro atoms. The molecular formula is C13H9F9O5. The number of benzene rings is 1. The van der Waals surface area contributed by atoms with E-state index in [0.29, 0.717) is 12.1 Å². The molecule has 27 heavy (non-hydrogen) atoms. The fourth-order valence-corrected chi connectivity index (χ4v) is 1.53. The molecule has 0 aliphatic rings. The van der Waals surface area contributed by atoms with E-state index in [9.17, 15) is 44.3 Å². The minimum atomic E-state index is -5.01. The minimum absolute atomic E-state index is 0.361. The van der Waals surface area contributed by atoms with Crippen LogP contribution < -0.4 is 14.2 Å². The van der Waals surface area contributed by atoms with Crippen molar-refractivity contribution in [2.24, 2.45) is 0 Å². The molecule has 0 unspecified atom stereocenters. The van der Waals surface area contributed by atoms with Crippen molar-refractivity contribution in [2.75, 3.05) is 19.8 Å². The number of hydrogen-bond donors (Lipinski definition) is 1. The fourth-order valence-electron chi connectivity index (χ4n) is 1.53. The van der Waals surface area contributed by atoms with Crippen molar-refractivity contribution in [3.8, 4) is 17.2 Å². The van der Waals surface area contributed by atoms with Crippen LogP contribution in [0.1, 0.15) is 10.4 Å². The van der Waals surface area contributed by atoms with Crippen LogP contribution in [0.15, 0.2) is 12.1 Å². The molecule has 0 atom stereocenters. The molecule has 1 aromatic carbocycles. The fraction of sp³-hybridized carbons (Fsp3) is 0.462. The van der Waals surface area contributed by atoms with Gasteiger partial charge in [-0.2, -0.15) is 39.5 Å². The maximum atomic E-state index is 12.3. The number of aromatic carboxylic acids is 1. The summed E-state index contributed by atoms with van der Waals surface area (Å²) in [7, 11) is 0. The van der Waals surface area contributed by atoms with Gasteiger partial charge in [0.05, 0.1) is 5.56 Å². The first-order valence-electron chi connectivity index (χ1n) is 6.57. The summed E-state index contributed by atoms with van der Waals surface area (Å²) in [5.41, 5.74) is -0.899. The maximum absolute atomic E-state index is 12.3. The van der Waals surface area contributed by atoms with Crippen molar-refractivity contribution in [2.45, 2.75) is 18.5 Å². The van der Waals surface area contributed by atoms with E-state index in [2.05, 4.69) is 14.2 Å². The van der Waals surface area contributed by atoms with E-state index in [1.165, 1.54) is 0 Å². The van der Waals surface area contributed by atoms with Gasteiger partial charge in [0.15, 0.2) is 31.3 Å². The SMILES string of the molecule is O=C(O)c1cc(OCC(F)(F)F)c(OCC(F)(F)F)c(OCC(F)(F)F)c1. The molecule has 5 nitrogen and oxygen atoms in total. The van der Waals surface area contributed by atoms with Gasteiger partial charge in [-0.25, -0.2) is 4.79 Å². The van der Waals surface area contributed by atoms with Gasteiger partial charge in [-0.05, 0) is 12.1 Å². The van der Waals surface area contributed by atoms with E-state index < -0.39 is 67.1 Å². The third kappa shape index (κ3) is 8.59. The van der Waals surface area contributed by atoms with Crippen LogP contribution in [-0.4, -0.2) is 49.4 Å². The van der Waals surface area contributed by atoms with Gasteiger partial charge in [0.25, 0.3) is 0 Å². The highest BCUT2D eigenvalue weighted by Gasteiger charge is 2.34. The van der Waals surface area contributed by atoms with Crippen LogP contribution in [0.2, 0.25) is 0 Å². The molecule has 0 heterocycles. The summed E-state index contributed by atoms with van der Waals surface area (Å²) in [4.78, 5) is 11.0. The largest absolute Gasteiger partial charge is 0.480 e. The normalized spacial score (nSPS) is 12.6. The van der Waals surface area contributed by atoms with Crippen molar-refractivity contribution >= 4 is 5.97 Å². The Labute approximate surface area is 144 Å². The second kappa shape index (κ2) is 8.00. The first kappa shape index (κ1) is 22.5. The molecule has 0 aromatic heterocycles. The molecule has 0 saturated heterocycles. The number of carboxylic acids is 1. The highest BCUT2D eigenvalue weighted by atomic mass is 19.4. The summed E-state index contributed by atoms with van der Waals surface area (Å²) in [5, 5.41) is 8.86. The predicted octanol–water partition coefficient (Wildman–Crippen LogP) is 4.21. The summed E-state index contributed by atoms with van der Waals surface area (Å²) >= 11 is 0. The van der Waals surface area contributed by atoms with Crippen LogP contribution >= 0.6 is 0 Å². The van der Waals surface area contributed by atoms with Gasteiger partial charge in [-0.15, -0.1) is 0 Å². The van der Waals surface area contributed by atoms with Crippen molar-refractivity contribution in [3.63, 3.8) is 0 Å². The second-order valence-corrected chi connectivity index (χ2v) is 4.82. The Balaban J connectivity index is 3.35. The standard InChI is InChI=1S/C13H9F9O5/c14-11(15,16)3-25-7-1-6(10(23)24)2-8(26-4-12(17,18)19)9(7)27-5-13(20,21)22/h1-2H,3-5H2,(H,23,24). The lowest BCUT2D eigenvalue weighted by atomic mass is 10.2. The Bertz CT molecular complexity index is 625. The average Bonchev–Trinajstić information content (AvgIpc) is 2.46. The highest BCUT2D eigenvalue weighted by molar-refractivity contribution is 5.89. The van der Waals surface area contributed by atoms with E-state index in [1.54, 1.807) is 0 Å². The molecule has 0 saturated carbocycles. The maximum Gasteiger partial charge on any atom is 0.422 e. The molecule has 0 amide bonds. The number of alkyl halides is 9. The Morgan fingerprint density at radius 3 is 1.37 bits per heavy atom. The van der Waals surface area contributed by atoms with Crippen LogP contribution in [0.3, 0.4) is 0 Å². The zero-order valence-electron chi connectivity index (χ0n) is 12.8. The van der Waals surface area contributed by atoms with E-state index in [4.69, 9.17) is 5.11 Å². The molecule has 1 rings (SSSR count). The summed E-state index contributed by atoms with van der Waals surface area (Å²) in [6.45, 7) is -6.25. The van der Waals surface area contributed by atoms with Crippen molar-refractivity contribution < 1.29 is 63.6 Å². The summed E-state index contributed by atoms with van der Waals surface area (Å²) in [5.74, 6) is -5.45. The van der Waals surface area contributed by atoms with Gasteiger partial charge in [-0.3, -0.25) is 0 Å². The van der Waals surface area contributed by atoms with Gasteiger partial charge in [0.2, 0.25) is 5.75 Å². The van der Waals surface area contributed by atoms with Crippen molar-refractivity contribution in [1.82, 2.24) is 0 Å². The molecule has 0 radical (unpaired) electrons. The number of rotatable bonds is 7. The Morgan fingerprint density at radius 1 is 0.741 bits per heavy atom. The first-order valence-corrected chi connectivity index (χ1v) is 6.57. The molecular weight excluding hydrogens is 407 g/mol. The third-order valence-corrected chi connectivity index (χ3v) is 2.43. The van der Waals surface area contributed by atoms with E-state index >= 15 is 0 Å². The van der Waals surface area contributed by atoms with Crippen LogP contribution in [0.5, 0.6) is 17.2 Å². The molecule has 0 bridgehead atoms. The van der Waals surface area contributed by atoms with Crippen molar-refractivity contribution in [1.29, 1.82) is 0 Å². The smallest absolute Gasteiger partial charge is 0.422 e. The Hall–Kier alpha value is -2.54. The predicted molar refractivity (Wildman–Crippen MR) is 68.1 cm³/mol. The summed E-state index contributed by atoms with van der Waals surface area (Å²) in [6.07, 6.45) is -15.0. The van der Waals surface area contributed by atoms with Crippen LogP contribution in [0.4, 0.5) is 39.5 Å². The summed E-state index contributed by atoms with van der Waals surface area (Å²) < 4.78 is 123. The van der Waals surface area contributed by atoms with Crippen LogP contribution in [0, 0.1) is 0 Å². The van der Waals surface area contributed by atoms with E-state index in [0.717, 1.165) is 0 Å². The number of ether oxygens (including phenoxy) is 3. The lowest BCUT2D eigenvalue weighted by Crippen LogP contribution is -2.23. The van der Waals surface area contributed by atoms with Crippen molar-refractivity contribution in [3.05, 3.63) is 17.7 Å². The summed E-state index contributed by atoms with van der Waals surface area (Å²) in [6, 6.07) is 0.723. The quantitative estimate of drug-likeness (QED) is 0.675. The second-order valence-electron chi connectivity index (χ2n) is 4.82. The highest BCUT2D eigenvalue weighted by Crippen LogP contribution is 2.41. The van der Waals surface area contributed by atoms with Crippen LogP contribution in [0.25, 0.3) is 0 Å². The number of carboxylic acid groups (broad SMARTS) is 1. The monoisotopic (exact) mass is 416 g/mol. The molecule has 0 fully saturated rings. The van der Waals surface area contributed by atoms with Crippen LogP contribution in [-0.2, 0) is 0 Å². The first-order chi connectivity index (χ1) is 12.1. The van der Waals surface area contributed by atoms with E-state index in [1.807, 2.05) is 0 Å². The lowest BCUT2D eigenvalue weighted by Gasteiger charge is -2.19. The van der Waals surface area contributed by atoms with Gasteiger partial charge in [0, 0.05) is 0 Å². The molecule has 1 N–H and O–H groups in total. The lowest BCUT2D eigenvalue weighted by molar-refractivity contribution is -0.160. The topological polar surface area (TPSA) is 65.0 Å². The number of hydrogen-bond acceptors (Lipinski definition) is 4. The molecule has 14 heteroatoms. The molecule has 154 valence electrons. The molecule has 1 aromatic rings. The Kier molecular flexibility index (Phi) is 6.67. The molecule has 0 aliphatic carbocycles. The van der Waals surface area contributed by atoms with Gasteiger partial charge in [0.1, 0.15) is 0 Å². The number of halogens is 9. The zero-order chi connectivity index (χ0) is 21.0. The molecule has 0 aliphatic heterocycles. The van der Waals surface area contributed by atoms with E-state index in [-0.39, 0.29) is 0 Å². The zero-order valence-corrected chi connectivity index (χ0v) is 12.8. The van der Waals surface area contributed by atoms with Gasteiger partial charge < -0.3 is 19.3 Å². The average molecular weight is 416 g/mol.